The Balaban J connectivity index is 1.79. The van der Waals surface area contributed by atoms with Crippen molar-refractivity contribution in [2.45, 2.75) is 6.92 Å². The second kappa shape index (κ2) is 7.68. The smallest absolute Gasteiger partial charge is 0.255 e. The number of hydrogen-bond donors (Lipinski definition) is 2. The number of rotatable bonds is 4. The highest BCUT2D eigenvalue weighted by atomic mass is 35.5. The average Bonchev–Trinajstić information content (AvgIpc) is 2.66. The summed E-state index contributed by atoms with van der Waals surface area (Å²) in [4.78, 5) is 16.7. The average molecular weight is 363 g/mol. The van der Waals surface area contributed by atoms with E-state index in [1.165, 1.54) is 0 Å². The molecular formula is C20H15ClN4O. The van der Waals surface area contributed by atoms with Gasteiger partial charge in [-0.15, -0.1) is 0 Å². The van der Waals surface area contributed by atoms with Crippen LogP contribution in [-0.4, -0.2) is 10.9 Å². The van der Waals surface area contributed by atoms with Crippen molar-refractivity contribution in [1.82, 2.24) is 4.98 Å². The Morgan fingerprint density at radius 2 is 1.96 bits per heavy atom. The first-order valence-corrected chi connectivity index (χ1v) is 8.24. The summed E-state index contributed by atoms with van der Waals surface area (Å²) in [6.45, 7) is 1.91. The number of halogens is 1. The first-order chi connectivity index (χ1) is 12.6. The number of amides is 1. The largest absolute Gasteiger partial charge is 0.340 e. The minimum Gasteiger partial charge on any atom is -0.340 e. The van der Waals surface area contributed by atoms with Crippen LogP contribution in [0, 0.1) is 18.3 Å². The van der Waals surface area contributed by atoms with Crippen LogP contribution < -0.4 is 10.6 Å². The molecule has 1 heterocycles. The van der Waals surface area contributed by atoms with E-state index >= 15 is 0 Å². The zero-order valence-corrected chi connectivity index (χ0v) is 14.7. The quantitative estimate of drug-likeness (QED) is 0.691. The Labute approximate surface area is 156 Å². The molecule has 0 unspecified atom stereocenters. The van der Waals surface area contributed by atoms with Gasteiger partial charge in [0, 0.05) is 28.2 Å². The highest BCUT2D eigenvalue weighted by Gasteiger charge is 2.09. The molecule has 26 heavy (non-hydrogen) atoms. The van der Waals surface area contributed by atoms with Gasteiger partial charge in [-0.25, -0.2) is 4.98 Å². The van der Waals surface area contributed by atoms with E-state index in [-0.39, 0.29) is 5.91 Å². The third-order valence-electron chi connectivity index (χ3n) is 3.80. The van der Waals surface area contributed by atoms with Crippen LogP contribution in [0.2, 0.25) is 5.02 Å². The Morgan fingerprint density at radius 1 is 1.15 bits per heavy atom. The second-order valence-corrected chi connectivity index (χ2v) is 6.02. The van der Waals surface area contributed by atoms with Crippen molar-refractivity contribution in [1.29, 1.82) is 5.26 Å². The van der Waals surface area contributed by atoms with E-state index in [9.17, 15) is 4.79 Å². The maximum absolute atomic E-state index is 12.5. The van der Waals surface area contributed by atoms with Crippen molar-refractivity contribution in [3.05, 3.63) is 82.5 Å². The Hall–Kier alpha value is -3.36. The molecule has 2 aromatic carbocycles. The van der Waals surface area contributed by atoms with Crippen molar-refractivity contribution in [3.8, 4) is 6.07 Å². The van der Waals surface area contributed by atoms with Crippen molar-refractivity contribution in [3.63, 3.8) is 0 Å². The molecule has 1 amide bonds. The second-order valence-electron chi connectivity index (χ2n) is 5.61. The van der Waals surface area contributed by atoms with E-state index < -0.39 is 0 Å². The molecule has 6 heteroatoms. The van der Waals surface area contributed by atoms with Gasteiger partial charge in [-0.2, -0.15) is 5.26 Å². The molecule has 5 nitrogen and oxygen atoms in total. The number of nitriles is 1. The van der Waals surface area contributed by atoms with Crippen LogP contribution in [-0.2, 0) is 0 Å². The summed E-state index contributed by atoms with van der Waals surface area (Å²) in [5, 5.41) is 15.5. The van der Waals surface area contributed by atoms with Gasteiger partial charge >= 0.3 is 0 Å². The first kappa shape index (κ1) is 17.5. The van der Waals surface area contributed by atoms with E-state index in [2.05, 4.69) is 15.6 Å². The normalized spacial score (nSPS) is 10.0. The predicted octanol–water partition coefficient (Wildman–Crippen LogP) is 4.91. The monoisotopic (exact) mass is 362 g/mol. The molecule has 3 aromatic rings. The van der Waals surface area contributed by atoms with E-state index in [0.717, 1.165) is 11.3 Å². The van der Waals surface area contributed by atoms with Crippen LogP contribution in [0.15, 0.2) is 60.8 Å². The number of pyridine rings is 1. The molecule has 0 spiro atoms. The van der Waals surface area contributed by atoms with Crippen molar-refractivity contribution in [2.24, 2.45) is 0 Å². The van der Waals surface area contributed by atoms with Crippen molar-refractivity contribution >= 4 is 34.7 Å². The molecule has 3 rings (SSSR count). The maximum Gasteiger partial charge on any atom is 0.255 e. The molecule has 0 saturated heterocycles. The SMILES string of the molecule is Cc1c(Cl)cccc1Nc1cc(C(=O)Nc2cccc(C#N)c2)ccn1. The fraction of sp³-hybridized carbons (Fsp3) is 0.0500. The number of nitrogens with one attached hydrogen (secondary N) is 2. The van der Waals surface area contributed by atoms with Gasteiger partial charge in [-0.05, 0) is 55.0 Å². The number of carbonyl (C=O) groups excluding carboxylic acids is 1. The van der Waals surface area contributed by atoms with Crippen LogP contribution in [0.5, 0.6) is 0 Å². The summed E-state index contributed by atoms with van der Waals surface area (Å²) in [6, 6.07) is 17.6. The molecular weight excluding hydrogens is 348 g/mol. The standard InChI is InChI=1S/C20H15ClN4O/c1-13-17(21)6-3-7-18(13)25-19-11-15(8-9-23-19)20(26)24-16-5-2-4-14(10-16)12-22/h2-11H,1H3,(H,23,25)(H,24,26). The minimum absolute atomic E-state index is 0.284. The topological polar surface area (TPSA) is 77.8 Å². The van der Waals surface area contributed by atoms with E-state index in [0.29, 0.717) is 27.7 Å². The predicted molar refractivity (Wildman–Crippen MR) is 103 cm³/mol. The Bertz CT molecular complexity index is 1010. The summed E-state index contributed by atoms with van der Waals surface area (Å²) in [5.74, 6) is 0.252. The molecule has 0 radical (unpaired) electrons. The number of aromatic nitrogens is 1. The van der Waals surface area contributed by atoms with Gasteiger partial charge in [0.05, 0.1) is 11.6 Å². The van der Waals surface area contributed by atoms with Gasteiger partial charge in [0.15, 0.2) is 0 Å². The number of carbonyl (C=O) groups is 1. The third kappa shape index (κ3) is 4.00. The van der Waals surface area contributed by atoms with Crippen LogP contribution in [0.3, 0.4) is 0 Å². The zero-order valence-electron chi connectivity index (χ0n) is 14.0. The van der Waals surface area contributed by atoms with Gasteiger partial charge in [0.2, 0.25) is 0 Å². The van der Waals surface area contributed by atoms with Crippen LogP contribution in [0.4, 0.5) is 17.2 Å². The molecule has 0 aliphatic carbocycles. The van der Waals surface area contributed by atoms with Crippen molar-refractivity contribution < 1.29 is 4.79 Å². The third-order valence-corrected chi connectivity index (χ3v) is 4.21. The molecule has 0 aliphatic rings. The summed E-state index contributed by atoms with van der Waals surface area (Å²) < 4.78 is 0. The number of nitrogens with zero attached hydrogens (tertiary/aromatic N) is 2. The van der Waals surface area contributed by atoms with Gasteiger partial charge in [-0.3, -0.25) is 4.79 Å². The fourth-order valence-electron chi connectivity index (χ4n) is 2.39. The van der Waals surface area contributed by atoms with E-state index in [1.54, 1.807) is 42.6 Å². The molecule has 0 saturated carbocycles. The lowest BCUT2D eigenvalue weighted by molar-refractivity contribution is 0.102. The maximum atomic E-state index is 12.5. The van der Waals surface area contributed by atoms with E-state index in [4.69, 9.17) is 16.9 Å². The molecule has 0 fully saturated rings. The summed E-state index contributed by atoms with van der Waals surface area (Å²) in [6.07, 6.45) is 1.56. The minimum atomic E-state index is -0.284. The summed E-state index contributed by atoms with van der Waals surface area (Å²) in [5.41, 5.74) is 3.22. The van der Waals surface area contributed by atoms with Crippen LogP contribution in [0.1, 0.15) is 21.5 Å². The first-order valence-electron chi connectivity index (χ1n) is 7.86. The van der Waals surface area contributed by atoms with Gasteiger partial charge in [-0.1, -0.05) is 23.7 Å². The zero-order chi connectivity index (χ0) is 18.5. The number of anilines is 3. The lowest BCUT2D eigenvalue weighted by atomic mass is 10.2. The highest BCUT2D eigenvalue weighted by molar-refractivity contribution is 6.31. The van der Waals surface area contributed by atoms with Crippen molar-refractivity contribution in [2.75, 3.05) is 10.6 Å². The molecule has 1 aromatic heterocycles. The molecule has 0 aliphatic heterocycles. The Kier molecular flexibility index (Phi) is 5.16. The summed E-state index contributed by atoms with van der Waals surface area (Å²) in [7, 11) is 0. The van der Waals surface area contributed by atoms with E-state index in [1.807, 2.05) is 31.2 Å². The molecule has 2 N–H and O–H groups in total. The number of hydrogen-bond acceptors (Lipinski definition) is 4. The highest BCUT2D eigenvalue weighted by Crippen LogP contribution is 2.25. The molecule has 0 bridgehead atoms. The lowest BCUT2D eigenvalue weighted by Gasteiger charge is -2.11. The molecule has 0 atom stereocenters. The van der Waals surface area contributed by atoms with Gasteiger partial charge < -0.3 is 10.6 Å². The van der Waals surface area contributed by atoms with Crippen LogP contribution in [0.25, 0.3) is 0 Å². The van der Waals surface area contributed by atoms with Crippen LogP contribution >= 0.6 is 11.6 Å². The number of benzene rings is 2. The molecule has 128 valence electrons. The van der Waals surface area contributed by atoms with Gasteiger partial charge in [0.1, 0.15) is 5.82 Å². The Morgan fingerprint density at radius 3 is 2.77 bits per heavy atom. The summed E-state index contributed by atoms with van der Waals surface area (Å²) >= 11 is 6.13. The fourth-order valence-corrected chi connectivity index (χ4v) is 2.57. The lowest BCUT2D eigenvalue weighted by Crippen LogP contribution is -2.12. The van der Waals surface area contributed by atoms with Gasteiger partial charge in [0.25, 0.3) is 5.91 Å².